The van der Waals surface area contributed by atoms with Crippen LogP contribution in [0.2, 0.25) is 0 Å². The summed E-state index contributed by atoms with van der Waals surface area (Å²) in [7, 11) is 0. The molecule has 5 rings (SSSR count). The van der Waals surface area contributed by atoms with Crippen molar-refractivity contribution in [3.05, 3.63) is 72.9 Å². The molecular weight excluding hydrogens is 480 g/mol. The first-order chi connectivity index (χ1) is 16.5. The zero-order chi connectivity index (χ0) is 23.7. The zero-order valence-electron chi connectivity index (χ0n) is 17.6. The van der Waals surface area contributed by atoms with E-state index in [9.17, 15) is 19.2 Å². The first kappa shape index (κ1) is 21.9. The molecule has 3 aromatic heterocycles. The van der Waals surface area contributed by atoms with Crippen LogP contribution in [-0.2, 0) is 29.2 Å². The topological polar surface area (TPSA) is 121 Å². The molecule has 4 aromatic rings. The highest BCUT2D eigenvalue weighted by Crippen LogP contribution is 2.34. The van der Waals surface area contributed by atoms with Crippen LogP contribution >= 0.6 is 22.7 Å². The third-order valence-corrected chi connectivity index (χ3v) is 6.90. The van der Waals surface area contributed by atoms with Gasteiger partial charge in [-0.2, -0.15) is 0 Å². The lowest BCUT2D eigenvalue weighted by Gasteiger charge is -2.12. The lowest BCUT2D eigenvalue weighted by atomic mass is 10.2. The molecule has 2 amide bonds. The van der Waals surface area contributed by atoms with Crippen LogP contribution in [0.25, 0.3) is 10.2 Å². The lowest BCUT2D eigenvalue weighted by Crippen LogP contribution is -2.44. The van der Waals surface area contributed by atoms with Gasteiger partial charge in [0.2, 0.25) is 18.6 Å². The Morgan fingerprint density at radius 2 is 1.76 bits per heavy atom. The van der Waals surface area contributed by atoms with Crippen molar-refractivity contribution in [2.24, 2.45) is 0 Å². The minimum atomic E-state index is -0.733. The van der Waals surface area contributed by atoms with E-state index < -0.39 is 29.6 Å². The van der Waals surface area contributed by atoms with Crippen LogP contribution in [0.1, 0.15) is 4.88 Å². The summed E-state index contributed by atoms with van der Waals surface area (Å²) in [6, 6.07) is 10.3. The maximum Gasteiger partial charge on any atom is 0.332 e. The second kappa shape index (κ2) is 9.15. The molecule has 2 N–H and O–H groups in total. The average molecular weight is 499 g/mol. The van der Waals surface area contributed by atoms with E-state index in [0.717, 1.165) is 20.8 Å². The van der Waals surface area contributed by atoms with Crippen molar-refractivity contribution in [1.29, 1.82) is 0 Å². The van der Waals surface area contributed by atoms with Gasteiger partial charge in [0, 0.05) is 16.6 Å². The van der Waals surface area contributed by atoms with Crippen molar-refractivity contribution in [3.8, 4) is 11.5 Å². The molecule has 0 fully saturated rings. The van der Waals surface area contributed by atoms with Crippen molar-refractivity contribution in [3.63, 3.8) is 0 Å². The third kappa shape index (κ3) is 4.32. The van der Waals surface area contributed by atoms with Gasteiger partial charge in [-0.3, -0.25) is 19.0 Å². The normalized spacial score (nSPS) is 12.1. The van der Waals surface area contributed by atoms with E-state index >= 15 is 0 Å². The quantitative estimate of drug-likeness (QED) is 0.402. The molecule has 10 nitrogen and oxygen atoms in total. The number of fused-ring (bicyclic) bond motifs is 2. The number of anilines is 1. The molecule has 0 aliphatic carbocycles. The number of carbonyl (C=O) groups excluding carboxylic acids is 2. The Bertz CT molecular complexity index is 1500. The number of hydrogen-bond donors (Lipinski definition) is 2. The predicted octanol–water partition coefficient (Wildman–Crippen LogP) is 1.97. The Labute approximate surface area is 200 Å². The molecule has 4 heterocycles. The molecule has 0 unspecified atom stereocenters. The van der Waals surface area contributed by atoms with Gasteiger partial charge in [0.05, 0.1) is 12.1 Å². The number of nitrogens with zero attached hydrogens (tertiary/aromatic N) is 2. The molecule has 0 saturated heterocycles. The maximum absolute atomic E-state index is 13.1. The lowest BCUT2D eigenvalue weighted by molar-refractivity contribution is -0.122. The standard InChI is InChI=1S/C22H18N4O6S2/c27-18(23-9-14-2-1-6-33-14)10-26-21(29)20-15(5-7-34-20)25(22(26)30)11-19(28)24-13-3-4-16-17(8-13)32-12-31-16/h1-8H,9-12H2,(H,23,27)(H,24,28). The van der Waals surface area contributed by atoms with Crippen molar-refractivity contribution in [2.45, 2.75) is 19.6 Å². The van der Waals surface area contributed by atoms with Gasteiger partial charge in [-0.15, -0.1) is 22.7 Å². The Balaban J connectivity index is 1.38. The smallest absolute Gasteiger partial charge is 0.332 e. The minimum absolute atomic E-state index is 0.112. The van der Waals surface area contributed by atoms with E-state index in [0.29, 0.717) is 33.9 Å². The van der Waals surface area contributed by atoms with E-state index in [1.54, 1.807) is 29.6 Å². The van der Waals surface area contributed by atoms with Gasteiger partial charge < -0.3 is 20.1 Å². The van der Waals surface area contributed by atoms with Gasteiger partial charge in [-0.1, -0.05) is 6.07 Å². The van der Waals surface area contributed by atoms with Crippen molar-refractivity contribution < 1.29 is 19.1 Å². The molecule has 1 aliphatic heterocycles. The molecule has 0 bridgehead atoms. The van der Waals surface area contributed by atoms with Gasteiger partial charge in [-0.25, -0.2) is 9.36 Å². The monoisotopic (exact) mass is 498 g/mol. The molecule has 0 atom stereocenters. The Hall–Kier alpha value is -3.90. The SMILES string of the molecule is O=C(Cn1c(=O)c2sccc2n(CC(=O)Nc2ccc3c(c2)OCO3)c1=O)NCc1cccs1. The first-order valence-corrected chi connectivity index (χ1v) is 11.9. The largest absolute Gasteiger partial charge is 0.454 e. The van der Waals surface area contributed by atoms with Crippen LogP contribution in [0.4, 0.5) is 5.69 Å². The van der Waals surface area contributed by atoms with E-state index in [-0.39, 0.29) is 13.3 Å². The van der Waals surface area contributed by atoms with Gasteiger partial charge in [0.15, 0.2) is 11.5 Å². The summed E-state index contributed by atoms with van der Waals surface area (Å²) in [5, 5.41) is 8.99. The molecule has 0 saturated carbocycles. The number of thiophene rings is 2. The van der Waals surface area contributed by atoms with Crippen LogP contribution in [0.5, 0.6) is 11.5 Å². The second-order valence-corrected chi connectivity index (χ2v) is 9.32. The van der Waals surface area contributed by atoms with Gasteiger partial charge in [0.25, 0.3) is 5.56 Å². The van der Waals surface area contributed by atoms with Crippen LogP contribution in [-0.4, -0.2) is 27.7 Å². The van der Waals surface area contributed by atoms with Gasteiger partial charge >= 0.3 is 5.69 Å². The molecule has 1 aliphatic rings. The number of amides is 2. The number of nitrogens with one attached hydrogen (secondary N) is 2. The number of rotatable bonds is 7. The Morgan fingerprint density at radius 1 is 0.941 bits per heavy atom. The number of aromatic nitrogens is 2. The molecule has 34 heavy (non-hydrogen) atoms. The molecule has 0 radical (unpaired) electrons. The number of hydrogen-bond acceptors (Lipinski definition) is 8. The van der Waals surface area contributed by atoms with Crippen molar-refractivity contribution in [1.82, 2.24) is 14.5 Å². The van der Waals surface area contributed by atoms with E-state index in [1.165, 1.54) is 15.9 Å². The molecular formula is C22H18N4O6S2. The highest BCUT2D eigenvalue weighted by Gasteiger charge is 2.19. The third-order valence-electron chi connectivity index (χ3n) is 5.14. The van der Waals surface area contributed by atoms with Gasteiger partial charge in [-0.05, 0) is 35.0 Å². The summed E-state index contributed by atoms with van der Waals surface area (Å²) < 4.78 is 12.9. The van der Waals surface area contributed by atoms with E-state index in [1.807, 2.05) is 17.5 Å². The fourth-order valence-electron chi connectivity index (χ4n) is 3.54. The predicted molar refractivity (Wildman–Crippen MR) is 128 cm³/mol. The molecule has 174 valence electrons. The van der Waals surface area contributed by atoms with Gasteiger partial charge in [0.1, 0.15) is 17.8 Å². The highest BCUT2D eigenvalue weighted by molar-refractivity contribution is 7.17. The highest BCUT2D eigenvalue weighted by atomic mass is 32.1. The number of ether oxygens (including phenoxy) is 2. The van der Waals surface area contributed by atoms with Crippen molar-refractivity contribution in [2.75, 3.05) is 12.1 Å². The fourth-order valence-corrected chi connectivity index (χ4v) is 5.03. The summed E-state index contributed by atoms with van der Waals surface area (Å²) in [5.41, 5.74) is -0.474. The first-order valence-electron chi connectivity index (χ1n) is 10.2. The number of benzene rings is 1. The maximum atomic E-state index is 13.1. The van der Waals surface area contributed by atoms with E-state index in [4.69, 9.17) is 9.47 Å². The van der Waals surface area contributed by atoms with Crippen LogP contribution in [0, 0.1) is 0 Å². The minimum Gasteiger partial charge on any atom is -0.454 e. The Kier molecular flexibility index (Phi) is 5.90. The summed E-state index contributed by atoms with van der Waals surface area (Å²) >= 11 is 2.64. The number of carbonyl (C=O) groups is 2. The van der Waals surface area contributed by atoms with Crippen LogP contribution in [0.15, 0.2) is 56.7 Å². The average Bonchev–Trinajstić information content (AvgIpc) is 3.59. The summed E-state index contributed by atoms with van der Waals surface area (Å²) in [5.74, 6) is 0.150. The van der Waals surface area contributed by atoms with E-state index in [2.05, 4.69) is 10.6 Å². The zero-order valence-corrected chi connectivity index (χ0v) is 19.2. The fraction of sp³-hybridized carbons (Fsp3) is 0.182. The summed E-state index contributed by atoms with van der Waals surface area (Å²) in [6.07, 6.45) is 0. The van der Waals surface area contributed by atoms with Crippen LogP contribution < -0.4 is 31.4 Å². The Morgan fingerprint density at radius 3 is 2.59 bits per heavy atom. The summed E-state index contributed by atoms with van der Waals surface area (Å²) in [4.78, 5) is 52.2. The molecule has 1 aromatic carbocycles. The molecule has 12 heteroatoms. The van der Waals surface area contributed by atoms with Crippen LogP contribution in [0.3, 0.4) is 0 Å². The van der Waals surface area contributed by atoms with Crippen molar-refractivity contribution >= 4 is 50.4 Å². The summed E-state index contributed by atoms with van der Waals surface area (Å²) in [6.45, 7) is -0.363. The second-order valence-electron chi connectivity index (χ2n) is 7.37. The molecule has 0 spiro atoms.